The van der Waals surface area contributed by atoms with Crippen LogP contribution in [-0.2, 0) is 4.74 Å². The first-order chi connectivity index (χ1) is 16.6. The van der Waals surface area contributed by atoms with Crippen LogP contribution in [0.25, 0.3) is 0 Å². The van der Waals surface area contributed by atoms with E-state index in [0.29, 0.717) is 35.8 Å². The van der Waals surface area contributed by atoms with E-state index in [4.69, 9.17) is 14.2 Å². The highest BCUT2D eigenvalue weighted by atomic mass is 16.5. The van der Waals surface area contributed by atoms with Gasteiger partial charge in [0.05, 0.1) is 25.9 Å². The highest BCUT2D eigenvalue weighted by molar-refractivity contribution is 5.97. The lowest BCUT2D eigenvalue weighted by atomic mass is 9.49. The van der Waals surface area contributed by atoms with Crippen molar-refractivity contribution in [1.82, 2.24) is 5.32 Å². The topological polar surface area (TPSA) is 83.8 Å². The summed E-state index contributed by atoms with van der Waals surface area (Å²) < 4.78 is 17.2. The van der Waals surface area contributed by atoms with Gasteiger partial charge in [0.2, 0.25) is 0 Å². The predicted molar refractivity (Wildman–Crippen MR) is 135 cm³/mol. The van der Waals surface area contributed by atoms with Crippen LogP contribution in [0.5, 0.6) is 11.5 Å². The normalized spacial score (nSPS) is 22.5. The molecule has 7 heteroatoms. The number of anilines is 1. The van der Waals surface area contributed by atoms with Gasteiger partial charge in [0.25, 0.3) is 5.91 Å². The molecule has 7 nitrogen and oxygen atoms in total. The summed E-state index contributed by atoms with van der Waals surface area (Å²) in [6.07, 6.45) is -0.140. The molecular weight excluding hydrogens is 442 g/mol. The number of rotatable bonds is 6. The molecule has 1 aliphatic heterocycles. The van der Waals surface area contributed by atoms with E-state index < -0.39 is 0 Å². The van der Waals surface area contributed by atoms with Crippen LogP contribution < -0.4 is 19.7 Å². The summed E-state index contributed by atoms with van der Waals surface area (Å²) in [6, 6.07) is 13.2. The number of amides is 1. The molecule has 0 spiro atoms. The van der Waals surface area contributed by atoms with E-state index in [0.717, 1.165) is 24.3 Å². The fraction of sp³-hybridized carbons (Fsp3) is 0.500. The fourth-order valence-electron chi connectivity index (χ4n) is 6.00. The molecule has 2 aromatic carbocycles. The lowest BCUT2D eigenvalue weighted by Gasteiger charge is -2.63. The third-order valence-corrected chi connectivity index (χ3v) is 7.56. The van der Waals surface area contributed by atoms with Gasteiger partial charge in [-0.3, -0.25) is 4.79 Å². The summed E-state index contributed by atoms with van der Waals surface area (Å²) in [6.45, 7) is 13.5. The van der Waals surface area contributed by atoms with Crippen molar-refractivity contribution in [2.45, 2.75) is 46.8 Å². The van der Waals surface area contributed by atoms with E-state index in [2.05, 4.69) is 50.0 Å². The smallest absolute Gasteiger partial charge is 0.251 e. The second kappa shape index (κ2) is 9.43. The zero-order valence-corrected chi connectivity index (χ0v) is 21.5. The maximum atomic E-state index is 13.5. The summed E-state index contributed by atoms with van der Waals surface area (Å²) in [7, 11) is 1.54. The molecule has 1 aliphatic carbocycles. The third-order valence-electron chi connectivity index (χ3n) is 7.56. The van der Waals surface area contributed by atoms with Crippen molar-refractivity contribution in [3.05, 3.63) is 53.1 Å². The molecule has 1 heterocycles. The third kappa shape index (κ3) is 4.43. The molecule has 1 N–H and O–H groups in total. The highest BCUT2D eigenvalue weighted by Crippen LogP contribution is 2.55. The first-order valence-corrected chi connectivity index (χ1v) is 12.1. The van der Waals surface area contributed by atoms with Gasteiger partial charge in [-0.25, -0.2) is 0 Å². The minimum atomic E-state index is -0.310. The van der Waals surface area contributed by atoms with Crippen molar-refractivity contribution in [1.29, 1.82) is 5.26 Å². The molecule has 0 radical (unpaired) electrons. The molecule has 1 amide bonds. The molecule has 2 aromatic rings. The van der Waals surface area contributed by atoms with Gasteiger partial charge in [-0.15, -0.1) is 0 Å². The Hall–Kier alpha value is -3.24. The average Bonchev–Trinajstić information content (AvgIpc) is 2.85. The number of benzene rings is 2. The maximum Gasteiger partial charge on any atom is 0.251 e. The Balaban J connectivity index is 1.51. The Kier molecular flexibility index (Phi) is 6.70. The first-order valence-electron chi connectivity index (χ1n) is 12.1. The molecule has 2 fully saturated rings. The van der Waals surface area contributed by atoms with E-state index >= 15 is 0 Å². The predicted octanol–water partition coefficient (Wildman–Crippen LogP) is 4.32. The molecule has 2 aliphatic rings. The number of nitriles is 1. The SMILES string of the molecule is COc1cc(OC2C(C)(C)C(NC(=O)c3cccc(N4CCOCC4)c3C)C2(C)C)ccc1C#N. The van der Waals surface area contributed by atoms with E-state index in [-0.39, 0.29) is 28.9 Å². The van der Waals surface area contributed by atoms with Crippen LogP contribution in [0.3, 0.4) is 0 Å². The Labute approximate surface area is 208 Å². The molecular formula is C28H35N3O4. The highest BCUT2D eigenvalue weighted by Gasteiger charge is 2.64. The molecule has 35 heavy (non-hydrogen) atoms. The van der Waals surface area contributed by atoms with Crippen molar-refractivity contribution < 1.29 is 19.0 Å². The molecule has 1 saturated heterocycles. The van der Waals surface area contributed by atoms with Gasteiger partial charge in [-0.2, -0.15) is 5.26 Å². The summed E-state index contributed by atoms with van der Waals surface area (Å²) in [5.41, 5.74) is 2.61. The van der Waals surface area contributed by atoms with Crippen molar-refractivity contribution in [3.8, 4) is 17.6 Å². The van der Waals surface area contributed by atoms with Crippen LogP contribution in [0.1, 0.15) is 49.2 Å². The molecule has 0 unspecified atom stereocenters. The van der Waals surface area contributed by atoms with Gasteiger partial charge in [0.15, 0.2) is 0 Å². The minimum absolute atomic E-state index is 0.0674. The molecule has 0 aromatic heterocycles. The fourth-order valence-corrected chi connectivity index (χ4v) is 6.00. The Bertz CT molecular complexity index is 1130. The van der Waals surface area contributed by atoms with E-state index in [1.54, 1.807) is 25.3 Å². The van der Waals surface area contributed by atoms with Gasteiger partial charge < -0.3 is 24.4 Å². The molecule has 1 saturated carbocycles. The Morgan fingerprint density at radius 1 is 1.14 bits per heavy atom. The second-order valence-corrected chi connectivity index (χ2v) is 10.6. The van der Waals surface area contributed by atoms with Crippen LogP contribution in [-0.4, -0.2) is 51.5 Å². The van der Waals surface area contributed by atoms with Crippen LogP contribution in [0.15, 0.2) is 36.4 Å². The summed E-state index contributed by atoms with van der Waals surface area (Å²) >= 11 is 0. The summed E-state index contributed by atoms with van der Waals surface area (Å²) in [5, 5.41) is 12.6. The van der Waals surface area contributed by atoms with Gasteiger partial charge in [-0.1, -0.05) is 33.8 Å². The zero-order valence-electron chi connectivity index (χ0n) is 21.5. The van der Waals surface area contributed by atoms with E-state index in [1.807, 2.05) is 19.1 Å². The number of carbonyl (C=O) groups is 1. The van der Waals surface area contributed by atoms with E-state index in [9.17, 15) is 10.1 Å². The number of carbonyl (C=O) groups excluding carboxylic acids is 1. The Morgan fingerprint density at radius 2 is 1.83 bits per heavy atom. The number of hydrogen-bond acceptors (Lipinski definition) is 6. The van der Waals surface area contributed by atoms with Crippen LogP contribution >= 0.6 is 0 Å². The van der Waals surface area contributed by atoms with E-state index in [1.165, 1.54) is 0 Å². The summed E-state index contributed by atoms with van der Waals surface area (Å²) in [4.78, 5) is 15.7. The monoisotopic (exact) mass is 477 g/mol. The molecule has 0 atom stereocenters. The van der Waals surface area contributed by atoms with Gasteiger partial charge >= 0.3 is 0 Å². The minimum Gasteiger partial charge on any atom is -0.495 e. The first kappa shape index (κ1) is 24.9. The summed E-state index contributed by atoms with van der Waals surface area (Å²) in [5.74, 6) is 1.06. The van der Waals surface area contributed by atoms with Crippen molar-refractivity contribution in [2.24, 2.45) is 10.8 Å². The molecule has 4 rings (SSSR count). The van der Waals surface area contributed by atoms with Crippen LogP contribution in [0.2, 0.25) is 0 Å². The number of nitrogens with zero attached hydrogens (tertiary/aromatic N) is 2. The lowest BCUT2D eigenvalue weighted by Crippen LogP contribution is -2.74. The quantitative estimate of drug-likeness (QED) is 0.667. The number of morpholine rings is 1. The van der Waals surface area contributed by atoms with Crippen molar-refractivity contribution in [3.63, 3.8) is 0 Å². The zero-order chi connectivity index (χ0) is 25.4. The Morgan fingerprint density at radius 3 is 2.46 bits per heavy atom. The molecule has 0 bridgehead atoms. The average molecular weight is 478 g/mol. The standard InChI is InChI=1S/C28H35N3O4/c1-18-21(8-7-9-22(18)31-12-14-34-15-13-31)24(32)30-25-27(2,3)26(28(25,4)5)35-20-11-10-19(17-29)23(16-20)33-6/h7-11,16,25-26H,12-15H2,1-6H3,(H,30,32). The number of hydrogen-bond donors (Lipinski definition) is 1. The molecule has 186 valence electrons. The van der Waals surface area contributed by atoms with Gasteiger partial charge in [-0.05, 0) is 36.8 Å². The number of nitrogens with one attached hydrogen (secondary N) is 1. The number of methoxy groups -OCH3 is 1. The van der Waals surface area contributed by atoms with Crippen LogP contribution in [0, 0.1) is 29.1 Å². The van der Waals surface area contributed by atoms with Gasteiger partial charge in [0.1, 0.15) is 23.7 Å². The maximum absolute atomic E-state index is 13.5. The largest absolute Gasteiger partial charge is 0.495 e. The lowest BCUT2D eigenvalue weighted by molar-refractivity contribution is -0.164. The van der Waals surface area contributed by atoms with Crippen molar-refractivity contribution in [2.75, 3.05) is 38.3 Å². The van der Waals surface area contributed by atoms with Crippen LogP contribution in [0.4, 0.5) is 5.69 Å². The van der Waals surface area contributed by atoms with Gasteiger partial charge in [0, 0.05) is 47.3 Å². The number of ether oxygens (including phenoxy) is 3. The van der Waals surface area contributed by atoms with Crippen molar-refractivity contribution >= 4 is 11.6 Å². The second-order valence-electron chi connectivity index (χ2n) is 10.6.